The normalized spacial score (nSPS) is 12.2. The first-order valence-electron chi connectivity index (χ1n) is 14.0. The summed E-state index contributed by atoms with van der Waals surface area (Å²) in [7, 11) is 0. The molecule has 0 bridgehead atoms. The molecule has 0 rings (SSSR count). The summed E-state index contributed by atoms with van der Waals surface area (Å²) in [5.41, 5.74) is 1.82. The van der Waals surface area contributed by atoms with Gasteiger partial charge in [0.2, 0.25) is 0 Å². The maximum Gasteiger partial charge on any atom is 0.331 e. The van der Waals surface area contributed by atoms with Crippen LogP contribution in [-0.2, 0) is 4.79 Å². The molecule has 0 atom stereocenters. The Bertz CT molecular complexity index is 424. The van der Waals surface area contributed by atoms with Crippen LogP contribution in [-0.4, -0.2) is 11.1 Å². The number of carboxylic acid groups (broad SMARTS) is 1. The molecule has 0 aliphatic rings. The molecule has 0 saturated heterocycles. The predicted molar refractivity (Wildman–Crippen MR) is 138 cm³/mol. The zero-order valence-corrected chi connectivity index (χ0v) is 21.6. The van der Waals surface area contributed by atoms with Crippen LogP contribution >= 0.6 is 0 Å². The van der Waals surface area contributed by atoms with E-state index >= 15 is 0 Å². The number of aliphatic carboxylic acids is 1. The van der Waals surface area contributed by atoms with Crippen LogP contribution in [0.3, 0.4) is 0 Å². The second-order valence-corrected chi connectivity index (χ2v) is 9.75. The molecule has 0 aliphatic heterocycles. The van der Waals surface area contributed by atoms with Gasteiger partial charge in [0.1, 0.15) is 0 Å². The van der Waals surface area contributed by atoms with Crippen LogP contribution in [0, 0.1) is 0 Å². The maximum atomic E-state index is 11.5. The number of carboxylic acids is 1. The number of carbonyl (C=O) groups is 1. The fraction of sp³-hybridized carbons (Fsp3) is 0.897. The summed E-state index contributed by atoms with van der Waals surface area (Å²) in [6.07, 6.45) is 30.1. The Labute approximate surface area is 195 Å². The van der Waals surface area contributed by atoms with Crippen molar-refractivity contribution in [1.82, 2.24) is 0 Å². The van der Waals surface area contributed by atoms with Crippen molar-refractivity contribution in [3.05, 3.63) is 11.1 Å². The molecule has 0 radical (unpaired) electrons. The van der Waals surface area contributed by atoms with Gasteiger partial charge in [-0.15, -0.1) is 0 Å². The Kier molecular flexibility index (Phi) is 23.3. The molecule has 0 aromatic rings. The van der Waals surface area contributed by atoms with Crippen molar-refractivity contribution in [2.75, 3.05) is 0 Å². The first-order chi connectivity index (χ1) is 15.1. The molecule has 1 N–H and O–H groups in total. The first kappa shape index (κ1) is 30.2. The minimum Gasteiger partial charge on any atom is -0.478 e. The highest BCUT2D eigenvalue weighted by molar-refractivity contribution is 5.86. The summed E-state index contributed by atoms with van der Waals surface area (Å²) >= 11 is 0. The number of rotatable bonds is 24. The van der Waals surface area contributed by atoms with Crippen molar-refractivity contribution in [2.45, 2.75) is 168 Å². The van der Waals surface area contributed by atoms with Gasteiger partial charge in [-0.1, -0.05) is 141 Å². The molecule has 2 nitrogen and oxygen atoms in total. The highest BCUT2D eigenvalue weighted by Gasteiger charge is 2.09. The lowest BCUT2D eigenvalue weighted by molar-refractivity contribution is -0.132. The third kappa shape index (κ3) is 20.8. The molecule has 31 heavy (non-hydrogen) atoms. The smallest absolute Gasteiger partial charge is 0.331 e. The van der Waals surface area contributed by atoms with Gasteiger partial charge in [0.15, 0.2) is 0 Å². The van der Waals surface area contributed by atoms with Crippen LogP contribution in [0.5, 0.6) is 0 Å². The average molecular weight is 437 g/mol. The Morgan fingerprint density at radius 2 is 0.742 bits per heavy atom. The minimum atomic E-state index is -0.717. The van der Waals surface area contributed by atoms with Gasteiger partial charge in [0.05, 0.1) is 0 Å². The molecule has 0 unspecified atom stereocenters. The topological polar surface area (TPSA) is 37.3 Å². The van der Waals surface area contributed by atoms with Gasteiger partial charge in [-0.05, 0) is 32.6 Å². The lowest BCUT2D eigenvalue weighted by atomic mass is 9.95. The van der Waals surface area contributed by atoms with Crippen LogP contribution in [0.1, 0.15) is 168 Å². The summed E-state index contributed by atoms with van der Waals surface area (Å²) in [5, 5.41) is 9.43. The van der Waals surface area contributed by atoms with Gasteiger partial charge in [0, 0.05) is 5.57 Å². The molecule has 0 fully saturated rings. The quantitative estimate of drug-likeness (QED) is 0.121. The summed E-state index contributed by atoms with van der Waals surface area (Å²) < 4.78 is 0. The van der Waals surface area contributed by atoms with E-state index in [1.807, 2.05) is 6.92 Å². The lowest BCUT2D eigenvalue weighted by Crippen LogP contribution is -2.02. The van der Waals surface area contributed by atoms with E-state index in [9.17, 15) is 9.90 Å². The van der Waals surface area contributed by atoms with Gasteiger partial charge in [0.25, 0.3) is 0 Å². The Morgan fingerprint density at radius 1 is 0.484 bits per heavy atom. The van der Waals surface area contributed by atoms with Crippen molar-refractivity contribution in [3.8, 4) is 0 Å². The van der Waals surface area contributed by atoms with Crippen LogP contribution in [0.15, 0.2) is 11.1 Å². The zero-order chi connectivity index (χ0) is 23.0. The van der Waals surface area contributed by atoms with Crippen LogP contribution in [0.2, 0.25) is 0 Å². The van der Waals surface area contributed by atoms with Gasteiger partial charge in [-0.3, -0.25) is 0 Å². The molecule has 0 spiro atoms. The van der Waals surface area contributed by atoms with E-state index in [-0.39, 0.29) is 0 Å². The summed E-state index contributed by atoms with van der Waals surface area (Å²) in [4.78, 5) is 11.5. The Morgan fingerprint density at radius 3 is 1.00 bits per heavy atom. The van der Waals surface area contributed by atoms with E-state index in [0.29, 0.717) is 5.57 Å². The molecule has 0 amide bonds. The van der Waals surface area contributed by atoms with Crippen molar-refractivity contribution in [1.29, 1.82) is 0 Å². The summed E-state index contributed by atoms with van der Waals surface area (Å²) in [5.74, 6) is -0.717. The highest BCUT2D eigenvalue weighted by atomic mass is 16.4. The number of allylic oxidation sites excluding steroid dienone is 1. The van der Waals surface area contributed by atoms with E-state index in [1.165, 1.54) is 128 Å². The van der Waals surface area contributed by atoms with Crippen LogP contribution in [0.4, 0.5) is 0 Å². The van der Waals surface area contributed by atoms with E-state index in [1.54, 1.807) is 0 Å². The molecular weight excluding hydrogens is 380 g/mol. The zero-order valence-electron chi connectivity index (χ0n) is 21.6. The number of unbranched alkanes of at least 4 members (excludes halogenated alkanes) is 19. The van der Waals surface area contributed by atoms with E-state index in [0.717, 1.165) is 25.7 Å². The Balaban J connectivity index is 3.79. The summed E-state index contributed by atoms with van der Waals surface area (Å²) in [6, 6.07) is 0. The van der Waals surface area contributed by atoms with Crippen molar-refractivity contribution >= 4 is 5.97 Å². The number of hydrogen-bond donors (Lipinski definition) is 1. The van der Waals surface area contributed by atoms with Crippen LogP contribution < -0.4 is 0 Å². The van der Waals surface area contributed by atoms with E-state index in [4.69, 9.17) is 0 Å². The van der Waals surface area contributed by atoms with Gasteiger partial charge in [-0.25, -0.2) is 4.79 Å². The van der Waals surface area contributed by atoms with Crippen molar-refractivity contribution in [2.24, 2.45) is 0 Å². The first-order valence-corrected chi connectivity index (χ1v) is 14.0. The minimum absolute atomic E-state index is 0.614. The molecule has 184 valence electrons. The largest absolute Gasteiger partial charge is 0.478 e. The molecule has 0 heterocycles. The Hall–Kier alpha value is -0.790. The fourth-order valence-corrected chi connectivity index (χ4v) is 4.48. The van der Waals surface area contributed by atoms with Gasteiger partial charge < -0.3 is 5.11 Å². The SMILES string of the molecule is CCCCCCCCCCCCCC(CCCCCCCCCCCC)=C(C)C(=O)O. The van der Waals surface area contributed by atoms with Crippen LogP contribution in [0.25, 0.3) is 0 Å². The summed E-state index contributed by atoms with van der Waals surface area (Å²) in [6.45, 7) is 6.36. The molecule has 2 heteroatoms. The third-order valence-electron chi connectivity index (χ3n) is 6.77. The second kappa shape index (κ2) is 23.9. The van der Waals surface area contributed by atoms with Gasteiger partial charge in [-0.2, -0.15) is 0 Å². The standard InChI is InChI=1S/C29H56O2/c1-4-6-8-10-12-14-16-18-20-22-24-26-28(27(3)29(30)31)25-23-21-19-17-15-13-11-9-7-5-2/h4-26H2,1-3H3,(H,30,31). The van der Waals surface area contributed by atoms with Crippen molar-refractivity contribution in [3.63, 3.8) is 0 Å². The third-order valence-corrected chi connectivity index (χ3v) is 6.77. The maximum absolute atomic E-state index is 11.5. The molecule has 0 aliphatic carbocycles. The monoisotopic (exact) mass is 436 g/mol. The second-order valence-electron chi connectivity index (χ2n) is 9.75. The molecular formula is C29H56O2. The van der Waals surface area contributed by atoms with Crippen molar-refractivity contribution < 1.29 is 9.90 Å². The van der Waals surface area contributed by atoms with E-state index < -0.39 is 5.97 Å². The lowest BCUT2D eigenvalue weighted by Gasteiger charge is -2.11. The molecule has 0 saturated carbocycles. The fourth-order valence-electron chi connectivity index (χ4n) is 4.48. The molecule has 0 aromatic heterocycles. The molecule has 0 aromatic carbocycles. The predicted octanol–water partition coefficient (Wildman–Crippen LogP) is 10.4. The highest BCUT2D eigenvalue weighted by Crippen LogP contribution is 2.22. The van der Waals surface area contributed by atoms with Gasteiger partial charge >= 0.3 is 5.97 Å². The number of hydrogen-bond acceptors (Lipinski definition) is 1. The van der Waals surface area contributed by atoms with E-state index in [2.05, 4.69) is 13.8 Å². The average Bonchev–Trinajstić information content (AvgIpc) is 2.76.